The molecule has 1 saturated heterocycles. The highest BCUT2D eigenvalue weighted by molar-refractivity contribution is 5.99. The number of hydrogen-bond donors (Lipinski definition) is 4. The maximum atomic E-state index is 13.0. The van der Waals surface area contributed by atoms with Gasteiger partial charge in [-0.1, -0.05) is 6.07 Å². The van der Waals surface area contributed by atoms with Crippen molar-refractivity contribution in [3.05, 3.63) is 65.7 Å². The highest BCUT2D eigenvalue weighted by Crippen LogP contribution is 2.29. The second-order valence-corrected chi connectivity index (χ2v) is 8.00. The lowest BCUT2D eigenvalue weighted by molar-refractivity contribution is 0.0189. The van der Waals surface area contributed by atoms with Crippen LogP contribution in [0.2, 0.25) is 0 Å². The number of methoxy groups -OCH3 is 1. The lowest BCUT2D eigenvalue weighted by atomic mass is 10.0. The number of ether oxygens (including phenoxy) is 2. The maximum absolute atomic E-state index is 13.0. The fraction of sp³-hybridized carbons (Fsp3) is 0.280. The summed E-state index contributed by atoms with van der Waals surface area (Å²) in [5.41, 5.74) is 0.444. The molecule has 0 unspecified atom stereocenters. The lowest BCUT2D eigenvalue weighted by Gasteiger charge is -2.26. The summed E-state index contributed by atoms with van der Waals surface area (Å²) in [6.07, 6.45) is 0.750. The first-order valence-electron chi connectivity index (χ1n) is 10.8. The highest BCUT2D eigenvalue weighted by atomic mass is 16.5. The molecule has 1 amide bonds. The number of hydrogen-bond acceptors (Lipinski definition) is 7. The van der Waals surface area contributed by atoms with E-state index in [0.717, 1.165) is 23.7 Å². The van der Waals surface area contributed by atoms with Crippen molar-refractivity contribution in [3.8, 4) is 17.2 Å². The minimum Gasteiger partial charge on any atom is -0.508 e. The molecule has 3 aromatic carbocycles. The minimum atomic E-state index is -0.659. The van der Waals surface area contributed by atoms with Crippen LogP contribution in [0.4, 0.5) is 0 Å². The summed E-state index contributed by atoms with van der Waals surface area (Å²) in [7, 11) is 1.56. The zero-order valence-corrected chi connectivity index (χ0v) is 18.2. The van der Waals surface area contributed by atoms with Crippen molar-refractivity contribution < 1.29 is 29.3 Å². The highest BCUT2D eigenvalue weighted by Gasteiger charge is 2.30. The summed E-state index contributed by atoms with van der Waals surface area (Å²) >= 11 is 0. The van der Waals surface area contributed by atoms with Gasteiger partial charge < -0.3 is 30.3 Å². The number of carbonyl (C=O) groups is 2. The largest absolute Gasteiger partial charge is 0.508 e. The van der Waals surface area contributed by atoms with Gasteiger partial charge in [0.2, 0.25) is 0 Å². The Kier molecular flexibility index (Phi) is 6.65. The molecule has 3 aromatic rings. The average molecular weight is 450 g/mol. The van der Waals surface area contributed by atoms with E-state index in [-0.39, 0.29) is 23.0 Å². The van der Waals surface area contributed by atoms with Crippen LogP contribution in [0, 0.1) is 0 Å². The molecule has 2 atom stereocenters. The van der Waals surface area contributed by atoms with Gasteiger partial charge in [-0.05, 0) is 78.7 Å². The zero-order valence-electron chi connectivity index (χ0n) is 18.2. The third-order valence-electron chi connectivity index (χ3n) is 5.74. The van der Waals surface area contributed by atoms with E-state index in [1.54, 1.807) is 31.4 Å². The molecular weight excluding hydrogens is 424 g/mol. The van der Waals surface area contributed by atoms with E-state index in [9.17, 15) is 19.8 Å². The molecule has 1 aliphatic rings. The third-order valence-corrected chi connectivity index (χ3v) is 5.74. The molecule has 1 heterocycles. The number of rotatable bonds is 5. The SMILES string of the molecule is COc1ccc2cc(O)c(C(=O)O[C@@H]3CCCNC[C@H]3NC(=O)c3ccc(O)cc3)cc2c1. The van der Waals surface area contributed by atoms with Gasteiger partial charge in [-0.25, -0.2) is 4.79 Å². The van der Waals surface area contributed by atoms with Gasteiger partial charge in [0.05, 0.1) is 13.2 Å². The molecule has 172 valence electrons. The van der Waals surface area contributed by atoms with E-state index in [1.807, 2.05) is 0 Å². The molecule has 8 heteroatoms. The first-order valence-corrected chi connectivity index (χ1v) is 10.8. The predicted octanol–water partition coefficient (Wildman–Crippen LogP) is 2.97. The standard InChI is InChI=1S/C25H26N2O6/c1-32-19-9-6-16-13-22(29)20(12-17(16)11-19)25(31)33-23-3-2-10-26-14-21(23)27-24(30)15-4-7-18(28)8-5-15/h4-9,11-13,21,23,26,28-29H,2-3,10,14H2,1H3,(H,27,30)/t21-,23-/m1/s1. The Morgan fingerprint density at radius 2 is 1.82 bits per heavy atom. The van der Waals surface area contributed by atoms with E-state index < -0.39 is 18.1 Å². The van der Waals surface area contributed by atoms with Crippen LogP contribution in [0.3, 0.4) is 0 Å². The van der Waals surface area contributed by atoms with Crippen LogP contribution in [0.25, 0.3) is 10.8 Å². The molecule has 0 saturated carbocycles. The molecular formula is C25H26N2O6. The monoisotopic (exact) mass is 450 g/mol. The van der Waals surface area contributed by atoms with Gasteiger partial charge in [0.25, 0.3) is 5.91 Å². The van der Waals surface area contributed by atoms with Crippen molar-refractivity contribution in [2.75, 3.05) is 20.2 Å². The first kappa shape index (κ1) is 22.4. The van der Waals surface area contributed by atoms with Gasteiger partial charge in [-0.15, -0.1) is 0 Å². The Balaban J connectivity index is 1.53. The summed E-state index contributed by atoms with van der Waals surface area (Å²) in [5, 5.41) is 27.5. The van der Waals surface area contributed by atoms with E-state index in [4.69, 9.17) is 9.47 Å². The number of nitrogens with one attached hydrogen (secondary N) is 2. The van der Waals surface area contributed by atoms with Crippen LogP contribution in [-0.4, -0.2) is 54.4 Å². The van der Waals surface area contributed by atoms with E-state index in [1.165, 1.54) is 30.3 Å². The number of aromatic hydroxyl groups is 2. The number of fused-ring (bicyclic) bond motifs is 1. The van der Waals surface area contributed by atoms with E-state index in [0.29, 0.717) is 24.3 Å². The van der Waals surface area contributed by atoms with Gasteiger partial charge in [0.1, 0.15) is 28.9 Å². The van der Waals surface area contributed by atoms with Crippen LogP contribution in [-0.2, 0) is 4.74 Å². The smallest absolute Gasteiger partial charge is 0.342 e. The number of carbonyl (C=O) groups excluding carboxylic acids is 2. The second kappa shape index (κ2) is 9.79. The Morgan fingerprint density at radius 1 is 1.03 bits per heavy atom. The molecule has 0 bridgehead atoms. The topological polar surface area (TPSA) is 117 Å². The number of benzene rings is 3. The van der Waals surface area contributed by atoms with Crippen molar-refractivity contribution >= 4 is 22.6 Å². The number of amides is 1. The number of esters is 1. The van der Waals surface area contributed by atoms with E-state index >= 15 is 0 Å². The molecule has 1 fully saturated rings. The molecule has 33 heavy (non-hydrogen) atoms. The van der Waals surface area contributed by atoms with Gasteiger partial charge in [0.15, 0.2) is 0 Å². The number of phenolic OH excluding ortho intramolecular Hbond substituents is 2. The summed E-state index contributed by atoms with van der Waals surface area (Å²) in [6.45, 7) is 1.17. The van der Waals surface area contributed by atoms with Crippen molar-refractivity contribution in [2.24, 2.45) is 0 Å². The summed E-state index contributed by atoms with van der Waals surface area (Å²) in [4.78, 5) is 25.7. The molecule has 0 spiro atoms. The Hall–Kier alpha value is -3.78. The van der Waals surface area contributed by atoms with Crippen molar-refractivity contribution in [1.29, 1.82) is 0 Å². The summed E-state index contributed by atoms with van der Waals surface area (Å²) in [6, 6.07) is 13.9. The molecule has 0 radical (unpaired) electrons. The van der Waals surface area contributed by atoms with Gasteiger partial charge in [-0.3, -0.25) is 4.79 Å². The fourth-order valence-electron chi connectivity index (χ4n) is 3.92. The van der Waals surface area contributed by atoms with E-state index in [2.05, 4.69) is 10.6 Å². The van der Waals surface area contributed by atoms with Gasteiger partial charge in [0, 0.05) is 12.1 Å². The average Bonchev–Trinajstić information content (AvgIpc) is 3.03. The fourth-order valence-corrected chi connectivity index (χ4v) is 3.92. The van der Waals surface area contributed by atoms with Crippen molar-refractivity contribution in [2.45, 2.75) is 25.0 Å². The van der Waals surface area contributed by atoms with Gasteiger partial charge in [-0.2, -0.15) is 0 Å². The first-order chi connectivity index (χ1) is 15.9. The quantitative estimate of drug-likeness (QED) is 0.442. The van der Waals surface area contributed by atoms with Crippen LogP contribution in [0.5, 0.6) is 17.2 Å². The zero-order chi connectivity index (χ0) is 23.4. The Morgan fingerprint density at radius 3 is 2.58 bits per heavy atom. The Bertz CT molecular complexity index is 1160. The molecule has 1 aliphatic heterocycles. The van der Waals surface area contributed by atoms with Crippen LogP contribution >= 0.6 is 0 Å². The number of phenols is 2. The molecule has 4 rings (SSSR count). The summed E-state index contributed by atoms with van der Waals surface area (Å²) < 4.78 is 11.0. The lowest BCUT2D eigenvalue weighted by Crippen LogP contribution is -2.49. The normalized spacial score (nSPS) is 18.3. The van der Waals surface area contributed by atoms with Crippen LogP contribution < -0.4 is 15.4 Å². The summed E-state index contributed by atoms with van der Waals surface area (Å²) in [5.74, 6) is -0.450. The minimum absolute atomic E-state index is 0.0524. The Labute approximate surface area is 191 Å². The second-order valence-electron chi connectivity index (χ2n) is 8.00. The molecule has 0 aliphatic carbocycles. The predicted molar refractivity (Wildman–Crippen MR) is 123 cm³/mol. The molecule has 8 nitrogen and oxygen atoms in total. The molecule has 4 N–H and O–H groups in total. The van der Waals surface area contributed by atoms with Crippen LogP contribution in [0.1, 0.15) is 33.6 Å². The van der Waals surface area contributed by atoms with Crippen molar-refractivity contribution in [3.63, 3.8) is 0 Å². The van der Waals surface area contributed by atoms with Crippen molar-refractivity contribution in [1.82, 2.24) is 10.6 Å². The van der Waals surface area contributed by atoms with Gasteiger partial charge >= 0.3 is 5.97 Å². The maximum Gasteiger partial charge on any atom is 0.342 e. The van der Waals surface area contributed by atoms with Crippen LogP contribution in [0.15, 0.2) is 54.6 Å². The third kappa shape index (κ3) is 5.18. The molecule has 0 aromatic heterocycles.